The highest BCUT2D eigenvalue weighted by molar-refractivity contribution is 5.68. The van der Waals surface area contributed by atoms with E-state index in [9.17, 15) is 13.6 Å². The van der Waals surface area contributed by atoms with Gasteiger partial charge in [-0.1, -0.05) is 6.92 Å². The lowest BCUT2D eigenvalue weighted by Crippen LogP contribution is -2.59. The normalized spacial score (nSPS) is 30.6. The van der Waals surface area contributed by atoms with Crippen LogP contribution in [0.1, 0.15) is 47.0 Å². The van der Waals surface area contributed by atoms with Gasteiger partial charge in [-0.15, -0.1) is 0 Å². The van der Waals surface area contributed by atoms with Crippen LogP contribution in [0.25, 0.3) is 0 Å². The van der Waals surface area contributed by atoms with Crippen LogP contribution in [-0.4, -0.2) is 42.2 Å². The summed E-state index contributed by atoms with van der Waals surface area (Å²) in [5, 5.41) is 0. The fourth-order valence-corrected chi connectivity index (χ4v) is 4.08. The number of nitrogens with two attached hydrogens (primary N) is 1. The summed E-state index contributed by atoms with van der Waals surface area (Å²) in [4.78, 5) is 13.8. The molecule has 2 aliphatic rings. The second kappa shape index (κ2) is 5.62. The zero-order chi connectivity index (χ0) is 16.8. The standard InChI is InChI=1S/C16H28F2N2O2/c1-11-7-20(13(21)22-14(2,3)4)6-5-12(11)15(10-19)8-16(17,18)9-15/h11-12H,5-10,19H2,1-4H3. The molecule has 0 aromatic rings. The fraction of sp³-hybridized carbons (Fsp3) is 0.938. The van der Waals surface area contributed by atoms with Crippen molar-refractivity contribution in [2.24, 2.45) is 23.0 Å². The van der Waals surface area contributed by atoms with Crippen molar-refractivity contribution in [1.29, 1.82) is 0 Å². The van der Waals surface area contributed by atoms with Crippen LogP contribution >= 0.6 is 0 Å². The monoisotopic (exact) mass is 318 g/mol. The molecule has 2 rings (SSSR count). The number of rotatable bonds is 2. The molecular weight excluding hydrogens is 290 g/mol. The Kier molecular flexibility index (Phi) is 4.46. The molecule has 0 aromatic carbocycles. The first-order valence-corrected chi connectivity index (χ1v) is 8.04. The second-order valence-electron chi connectivity index (χ2n) is 8.07. The van der Waals surface area contributed by atoms with E-state index in [4.69, 9.17) is 10.5 Å². The molecule has 2 atom stereocenters. The maximum absolute atomic E-state index is 13.4. The highest BCUT2D eigenvalue weighted by Crippen LogP contribution is 2.58. The van der Waals surface area contributed by atoms with Gasteiger partial charge in [-0.2, -0.15) is 0 Å². The van der Waals surface area contributed by atoms with Gasteiger partial charge in [0.25, 0.3) is 0 Å². The predicted molar refractivity (Wildman–Crippen MR) is 80.7 cm³/mol. The molecule has 1 aliphatic carbocycles. The van der Waals surface area contributed by atoms with Gasteiger partial charge < -0.3 is 15.4 Å². The highest BCUT2D eigenvalue weighted by atomic mass is 19.3. The van der Waals surface area contributed by atoms with E-state index in [1.807, 2.05) is 27.7 Å². The van der Waals surface area contributed by atoms with E-state index in [2.05, 4.69) is 0 Å². The third-order valence-corrected chi connectivity index (χ3v) is 4.97. The molecule has 0 bridgehead atoms. The third kappa shape index (κ3) is 3.53. The molecule has 2 fully saturated rings. The first-order valence-electron chi connectivity index (χ1n) is 8.04. The quantitative estimate of drug-likeness (QED) is 0.850. The Labute approximate surface area is 131 Å². The van der Waals surface area contributed by atoms with Gasteiger partial charge in [0.05, 0.1) is 0 Å². The molecule has 128 valence electrons. The Balaban J connectivity index is 1.97. The van der Waals surface area contributed by atoms with Gasteiger partial charge in [-0.3, -0.25) is 0 Å². The van der Waals surface area contributed by atoms with Crippen LogP contribution < -0.4 is 5.73 Å². The van der Waals surface area contributed by atoms with Gasteiger partial charge >= 0.3 is 6.09 Å². The van der Waals surface area contributed by atoms with E-state index in [-0.39, 0.29) is 30.8 Å². The topological polar surface area (TPSA) is 55.6 Å². The number of amides is 1. The van der Waals surface area contributed by atoms with Crippen molar-refractivity contribution in [2.45, 2.75) is 58.5 Å². The molecule has 0 spiro atoms. The molecule has 1 saturated carbocycles. The first kappa shape index (κ1) is 17.4. The molecule has 2 unspecified atom stereocenters. The van der Waals surface area contributed by atoms with Crippen LogP contribution in [0, 0.1) is 17.3 Å². The Morgan fingerprint density at radius 1 is 1.36 bits per heavy atom. The third-order valence-electron chi connectivity index (χ3n) is 4.97. The number of carbonyl (C=O) groups excluding carboxylic acids is 1. The minimum atomic E-state index is -2.57. The lowest BCUT2D eigenvalue weighted by atomic mass is 9.54. The van der Waals surface area contributed by atoms with Crippen molar-refractivity contribution in [3.63, 3.8) is 0 Å². The zero-order valence-corrected chi connectivity index (χ0v) is 14.0. The van der Waals surface area contributed by atoms with E-state index >= 15 is 0 Å². The maximum Gasteiger partial charge on any atom is 0.410 e. The number of piperidine rings is 1. The van der Waals surface area contributed by atoms with E-state index in [0.717, 1.165) is 0 Å². The van der Waals surface area contributed by atoms with Crippen molar-refractivity contribution in [2.75, 3.05) is 19.6 Å². The molecule has 0 radical (unpaired) electrons. The molecule has 6 heteroatoms. The zero-order valence-electron chi connectivity index (χ0n) is 14.0. The number of nitrogens with zero attached hydrogens (tertiary/aromatic N) is 1. The van der Waals surface area contributed by atoms with Gasteiger partial charge in [0.2, 0.25) is 5.92 Å². The average Bonchev–Trinajstić information content (AvgIpc) is 2.33. The molecule has 4 nitrogen and oxygen atoms in total. The molecule has 1 aliphatic heterocycles. The molecular formula is C16H28F2N2O2. The van der Waals surface area contributed by atoms with Crippen LogP contribution in [0.15, 0.2) is 0 Å². The first-order chi connectivity index (χ1) is 9.98. The van der Waals surface area contributed by atoms with Crippen molar-refractivity contribution < 1.29 is 18.3 Å². The van der Waals surface area contributed by atoms with Gasteiger partial charge in [0.15, 0.2) is 0 Å². The van der Waals surface area contributed by atoms with Crippen LogP contribution in [0.2, 0.25) is 0 Å². The summed E-state index contributed by atoms with van der Waals surface area (Å²) in [6.45, 7) is 8.92. The van der Waals surface area contributed by atoms with E-state index in [1.54, 1.807) is 4.90 Å². The van der Waals surface area contributed by atoms with Crippen LogP contribution in [0.3, 0.4) is 0 Å². The maximum atomic E-state index is 13.4. The summed E-state index contributed by atoms with van der Waals surface area (Å²) in [6, 6.07) is 0. The van der Waals surface area contributed by atoms with Gasteiger partial charge in [0, 0.05) is 25.9 Å². The summed E-state index contributed by atoms with van der Waals surface area (Å²) < 4.78 is 32.1. The summed E-state index contributed by atoms with van der Waals surface area (Å²) >= 11 is 0. The fourth-order valence-electron chi connectivity index (χ4n) is 4.08. The number of hydrogen-bond donors (Lipinski definition) is 1. The SMILES string of the molecule is CC1CN(C(=O)OC(C)(C)C)CCC1C1(CN)CC(F)(F)C1. The van der Waals surface area contributed by atoms with Gasteiger partial charge in [-0.05, 0) is 51.0 Å². The van der Waals surface area contributed by atoms with Gasteiger partial charge in [0.1, 0.15) is 5.60 Å². The van der Waals surface area contributed by atoms with Crippen molar-refractivity contribution in [3.8, 4) is 0 Å². The van der Waals surface area contributed by atoms with Crippen molar-refractivity contribution >= 4 is 6.09 Å². The Morgan fingerprint density at radius 3 is 2.36 bits per heavy atom. The Hall–Kier alpha value is -0.910. The minimum absolute atomic E-state index is 0.113. The molecule has 2 N–H and O–H groups in total. The van der Waals surface area contributed by atoms with Crippen molar-refractivity contribution in [1.82, 2.24) is 4.90 Å². The predicted octanol–water partition coefficient (Wildman–Crippen LogP) is 3.25. The largest absolute Gasteiger partial charge is 0.444 e. The van der Waals surface area contributed by atoms with Crippen LogP contribution in [0.5, 0.6) is 0 Å². The smallest absolute Gasteiger partial charge is 0.410 e. The van der Waals surface area contributed by atoms with Gasteiger partial charge in [-0.25, -0.2) is 13.6 Å². The minimum Gasteiger partial charge on any atom is -0.444 e. The molecule has 22 heavy (non-hydrogen) atoms. The average molecular weight is 318 g/mol. The Bertz CT molecular complexity index is 426. The Morgan fingerprint density at radius 2 is 1.95 bits per heavy atom. The highest BCUT2D eigenvalue weighted by Gasteiger charge is 2.60. The molecule has 0 aromatic heterocycles. The second-order valence-corrected chi connectivity index (χ2v) is 8.07. The van der Waals surface area contributed by atoms with E-state index in [1.165, 1.54) is 0 Å². The summed E-state index contributed by atoms with van der Waals surface area (Å²) in [7, 11) is 0. The lowest BCUT2D eigenvalue weighted by molar-refractivity contribution is -0.192. The van der Waals surface area contributed by atoms with E-state index in [0.29, 0.717) is 26.1 Å². The lowest BCUT2D eigenvalue weighted by Gasteiger charge is -2.55. The van der Waals surface area contributed by atoms with Crippen molar-refractivity contribution in [3.05, 3.63) is 0 Å². The molecule has 1 saturated heterocycles. The summed E-state index contributed by atoms with van der Waals surface area (Å²) in [5.74, 6) is -2.27. The van der Waals surface area contributed by atoms with Crippen LogP contribution in [-0.2, 0) is 4.74 Å². The van der Waals surface area contributed by atoms with Crippen LogP contribution in [0.4, 0.5) is 13.6 Å². The number of ether oxygens (including phenoxy) is 1. The number of alkyl halides is 2. The van der Waals surface area contributed by atoms with E-state index < -0.39 is 16.9 Å². The number of hydrogen-bond acceptors (Lipinski definition) is 3. The number of halogens is 2. The molecule has 1 heterocycles. The summed E-state index contributed by atoms with van der Waals surface area (Å²) in [6.07, 6.45) is 0.169. The summed E-state index contributed by atoms with van der Waals surface area (Å²) in [5.41, 5.74) is 4.84. The number of carbonyl (C=O) groups is 1. The number of likely N-dealkylation sites (tertiary alicyclic amines) is 1. The molecule has 1 amide bonds.